The van der Waals surface area contributed by atoms with Gasteiger partial charge in [-0.25, -0.2) is 4.98 Å². The van der Waals surface area contributed by atoms with Crippen LogP contribution in [0.15, 0.2) is 59.5 Å². The second kappa shape index (κ2) is 11.4. The Balaban J connectivity index is 1.66. The van der Waals surface area contributed by atoms with E-state index in [0.29, 0.717) is 45.4 Å². The summed E-state index contributed by atoms with van der Waals surface area (Å²) < 4.78 is 1.11. The van der Waals surface area contributed by atoms with Crippen molar-refractivity contribution < 1.29 is 9.63 Å². The molecule has 0 radical (unpaired) electrons. The molecule has 0 saturated heterocycles. The first kappa shape index (κ1) is 28.1. The number of anilines is 2. The number of halogens is 1. The molecule has 0 atom stereocenters. The largest absolute Gasteiger partial charge is 0.412 e. The molecule has 2 aromatic carbocycles. The average molecular weight is 549 g/mol. The predicted octanol–water partition coefficient (Wildman–Crippen LogP) is 4.69. The van der Waals surface area contributed by atoms with E-state index in [0.717, 1.165) is 16.8 Å². The van der Waals surface area contributed by atoms with Crippen LogP contribution in [-0.2, 0) is 5.41 Å². The number of nitrogens with zero attached hydrogens (tertiary/aromatic N) is 4. The van der Waals surface area contributed by atoms with Gasteiger partial charge in [0.1, 0.15) is 7.11 Å². The SMILES string of the molecule is COn1c(=O)c(-c2cc(NC(=O)c3ccc(C(C)(C)C)cc3)ccc2Cl)cc2cnc(NCCN(C)C)nc21. The second-order valence-electron chi connectivity index (χ2n) is 10.5. The normalized spacial score (nSPS) is 11.6. The molecule has 2 N–H and O–H groups in total. The summed E-state index contributed by atoms with van der Waals surface area (Å²) in [6.07, 6.45) is 1.62. The van der Waals surface area contributed by atoms with Gasteiger partial charge >= 0.3 is 0 Å². The van der Waals surface area contributed by atoms with E-state index in [9.17, 15) is 9.59 Å². The predicted molar refractivity (Wildman–Crippen MR) is 157 cm³/mol. The van der Waals surface area contributed by atoms with Crippen LogP contribution in [0.25, 0.3) is 22.2 Å². The summed E-state index contributed by atoms with van der Waals surface area (Å²) in [5, 5.41) is 6.99. The van der Waals surface area contributed by atoms with Crippen LogP contribution in [0.4, 0.5) is 11.6 Å². The van der Waals surface area contributed by atoms with Gasteiger partial charge in [0.05, 0.1) is 5.56 Å². The summed E-state index contributed by atoms with van der Waals surface area (Å²) in [6.45, 7) is 7.80. The van der Waals surface area contributed by atoms with Crippen LogP contribution in [-0.4, -0.2) is 59.8 Å². The van der Waals surface area contributed by atoms with Crippen LogP contribution in [0, 0.1) is 0 Å². The number of nitrogens with one attached hydrogen (secondary N) is 2. The van der Waals surface area contributed by atoms with E-state index in [-0.39, 0.29) is 16.9 Å². The van der Waals surface area contributed by atoms with Gasteiger partial charge in [0, 0.05) is 46.5 Å². The zero-order valence-electron chi connectivity index (χ0n) is 23.0. The fraction of sp³-hybridized carbons (Fsp3) is 0.310. The maximum atomic E-state index is 13.5. The molecule has 9 nitrogen and oxygen atoms in total. The highest BCUT2D eigenvalue weighted by atomic mass is 35.5. The first-order chi connectivity index (χ1) is 18.5. The van der Waals surface area contributed by atoms with Crippen molar-refractivity contribution in [2.75, 3.05) is 44.9 Å². The molecule has 4 rings (SSSR count). The molecule has 0 fully saturated rings. The third-order valence-electron chi connectivity index (χ3n) is 6.26. The average Bonchev–Trinajstić information content (AvgIpc) is 2.89. The van der Waals surface area contributed by atoms with Crippen molar-refractivity contribution in [1.29, 1.82) is 0 Å². The Morgan fingerprint density at radius 1 is 1.08 bits per heavy atom. The van der Waals surface area contributed by atoms with Gasteiger partial charge in [-0.2, -0.15) is 4.98 Å². The minimum Gasteiger partial charge on any atom is -0.412 e. The lowest BCUT2D eigenvalue weighted by atomic mass is 9.87. The van der Waals surface area contributed by atoms with Crippen LogP contribution >= 0.6 is 11.6 Å². The highest BCUT2D eigenvalue weighted by molar-refractivity contribution is 6.33. The van der Waals surface area contributed by atoms with Crippen LogP contribution in [0.5, 0.6) is 0 Å². The topological polar surface area (TPSA) is 101 Å². The number of amides is 1. The zero-order chi connectivity index (χ0) is 28.3. The van der Waals surface area contributed by atoms with E-state index in [1.165, 1.54) is 7.11 Å². The highest BCUT2D eigenvalue weighted by Crippen LogP contribution is 2.30. The molecule has 0 aliphatic heterocycles. The van der Waals surface area contributed by atoms with Gasteiger partial charge in [0.2, 0.25) is 5.95 Å². The summed E-state index contributed by atoms with van der Waals surface area (Å²) in [6, 6.07) is 14.2. The second-order valence-corrected chi connectivity index (χ2v) is 10.9. The molecular weight excluding hydrogens is 516 g/mol. The molecule has 2 heterocycles. The lowest BCUT2D eigenvalue weighted by molar-refractivity contribution is 0.102. The summed E-state index contributed by atoms with van der Waals surface area (Å²) in [5.41, 5.74) is 2.78. The Hall–Kier alpha value is -3.95. The summed E-state index contributed by atoms with van der Waals surface area (Å²) >= 11 is 6.52. The summed E-state index contributed by atoms with van der Waals surface area (Å²) in [7, 11) is 5.35. The van der Waals surface area contributed by atoms with Crippen molar-refractivity contribution in [2.24, 2.45) is 0 Å². The number of hydrogen-bond donors (Lipinski definition) is 2. The van der Waals surface area contributed by atoms with Gasteiger partial charge in [0.25, 0.3) is 11.5 Å². The van der Waals surface area contributed by atoms with Crippen LogP contribution in [0.1, 0.15) is 36.7 Å². The summed E-state index contributed by atoms with van der Waals surface area (Å²) in [5.74, 6) is 0.125. The van der Waals surface area contributed by atoms with E-state index < -0.39 is 5.56 Å². The third-order valence-corrected chi connectivity index (χ3v) is 6.58. The lowest BCUT2D eigenvalue weighted by Crippen LogP contribution is -2.28. The van der Waals surface area contributed by atoms with Crippen molar-refractivity contribution in [1.82, 2.24) is 19.6 Å². The van der Waals surface area contributed by atoms with Gasteiger partial charge in [0.15, 0.2) is 5.65 Å². The Labute approximate surface area is 232 Å². The maximum absolute atomic E-state index is 13.5. The van der Waals surface area contributed by atoms with Crippen LogP contribution in [0.2, 0.25) is 5.02 Å². The third kappa shape index (κ3) is 6.38. The molecule has 10 heteroatoms. The quantitative estimate of drug-likeness (QED) is 0.329. The van der Waals surface area contributed by atoms with Crippen molar-refractivity contribution in [3.63, 3.8) is 0 Å². The van der Waals surface area contributed by atoms with E-state index in [1.807, 2.05) is 31.1 Å². The van der Waals surface area contributed by atoms with Gasteiger partial charge in [-0.1, -0.05) is 44.5 Å². The van der Waals surface area contributed by atoms with Gasteiger partial charge < -0.3 is 20.4 Å². The number of likely N-dealkylation sites (N-methyl/N-ethyl adjacent to an activating group) is 1. The molecule has 0 unspecified atom stereocenters. The number of aromatic nitrogens is 3. The number of fused-ring (bicyclic) bond motifs is 1. The summed E-state index contributed by atoms with van der Waals surface area (Å²) in [4.78, 5) is 42.7. The fourth-order valence-electron chi connectivity index (χ4n) is 4.04. The number of pyridine rings is 1. The molecule has 0 bridgehead atoms. The lowest BCUT2D eigenvalue weighted by Gasteiger charge is -2.19. The number of carbonyl (C=O) groups excluding carboxylic acids is 1. The number of benzene rings is 2. The highest BCUT2D eigenvalue weighted by Gasteiger charge is 2.18. The van der Waals surface area contributed by atoms with Crippen molar-refractivity contribution >= 4 is 40.2 Å². The minimum atomic E-state index is -0.439. The fourth-order valence-corrected chi connectivity index (χ4v) is 4.26. The Bertz CT molecular complexity index is 1560. The zero-order valence-corrected chi connectivity index (χ0v) is 23.8. The van der Waals surface area contributed by atoms with Gasteiger partial charge in [-0.05, 0) is 61.5 Å². The van der Waals surface area contributed by atoms with Gasteiger partial charge in [-0.15, -0.1) is 4.73 Å². The van der Waals surface area contributed by atoms with Crippen molar-refractivity contribution in [3.05, 3.63) is 81.2 Å². The number of hydrogen-bond acceptors (Lipinski definition) is 7. The maximum Gasteiger partial charge on any atom is 0.293 e. The Kier molecular flexibility index (Phi) is 8.22. The molecule has 0 saturated carbocycles. The molecule has 1 amide bonds. The molecule has 2 aromatic heterocycles. The Morgan fingerprint density at radius 2 is 1.79 bits per heavy atom. The van der Waals surface area contributed by atoms with E-state index in [1.54, 1.807) is 42.6 Å². The molecular formula is C29H33ClN6O3. The van der Waals surface area contributed by atoms with Crippen molar-refractivity contribution in [2.45, 2.75) is 26.2 Å². The molecule has 0 spiro atoms. The van der Waals surface area contributed by atoms with Crippen molar-refractivity contribution in [3.8, 4) is 11.1 Å². The smallest absolute Gasteiger partial charge is 0.293 e. The first-order valence-electron chi connectivity index (χ1n) is 12.6. The number of rotatable bonds is 8. The van der Waals surface area contributed by atoms with E-state index >= 15 is 0 Å². The van der Waals surface area contributed by atoms with Crippen LogP contribution in [0.3, 0.4) is 0 Å². The van der Waals surface area contributed by atoms with Gasteiger partial charge in [-0.3, -0.25) is 9.59 Å². The first-order valence-corrected chi connectivity index (χ1v) is 12.9. The van der Waals surface area contributed by atoms with E-state index in [4.69, 9.17) is 16.4 Å². The molecule has 4 aromatic rings. The monoisotopic (exact) mass is 548 g/mol. The minimum absolute atomic E-state index is 0.00968. The standard InChI is InChI=1S/C29H33ClN6O3/c1-29(2,3)20-9-7-18(8-10-20)26(37)33-21-11-12-24(30)22(16-21)23-15-19-17-32-28(31-13-14-35(4)5)34-25(19)36(39-6)27(23)38/h7-12,15-17H,13-14H2,1-6H3,(H,33,37)(H,31,32,34). The molecule has 0 aliphatic rings. The van der Waals surface area contributed by atoms with E-state index in [2.05, 4.69) is 41.4 Å². The molecule has 0 aliphatic carbocycles. The molecule has 204 valence electrons. The Morgan fingerprint density at radius 3 is 2.44 bits per heavy atom. The van der Waals surface area contributed by atoms with Crippen LogP contribution < -0.4 is 21.0 Å². The molecule has 39 heavy (non-hydrogen) atoms. The number of carbonyl (C=O) groups is 1.